The Morgan fingerprint density at radius 2 is 2.19 bits per heavy atom. The first-order valence-corrected chi connectivity index (χ1v) is 8.63. The highest BCUT2D eigenvalue weighted by molar-refractivity contribution is 7.09. The van der Waals surface area contributed by atoms with Crippen molar-refractivity contribution in [1.82, 2.24) is 15.6 Å². The first-order valence-electron chi connectivity index (χ1n) is 7.37. The van der Waals surface area contributed by atoms with Gasteiger partial charge in [0.2, 0.25) is 0 Å². The number of hydrogen-bond donors (Lipinski definition) is 2. The third kappa shape index (κ3) is 4.30. The molecule has 2 aromatic rings. The average Bonchev–Trinajstić information content (AvgIpc) is 3.24. The molecule has 12 heteroatoms. The van der Waals surface area contributed by atoms with E-state index in [1.54, 1.807) is 0 Å². The predicted octanol–water partition coefficient (Wildman–Crippen LogP) is 3.27. The number of amides is 2. The lowest BCUT2D eigenvalue weighted by Crippen LogP contribution is -2.39. The minimum absolute atomic E-state index is 0.0908. The summed E-state index contributed by atoms with van der Waals surface area (Å²) in [5.41, 5.74) is 0.103. The number of benzene rings is 1. The van der Waals surface area contributed by atoms with E-state index < -0.39 is 41.1 Å². The minimum Gasteiger partial charge on any atom is -0.434 e. The van der Waals surface area contributed by atoms with Gasteiger partial charge in [-0.3, -0.25) is 4.79 Å². The Bertz CT molecular complexity index is 889. The lowest BCUT2D eigenvalue weighted by atomic mass is 10.0. The van der Waals surface area contributed by atoms with Gasteiger partial charge in [-0.05, 0) is 17.7 Å². The van der Waals surface area contributed by atoms with Crippen molar-refractivity contribution in [3.05, 3.63) is 50.7 Å². The monoisotopic (exact) mass is 423 g/mol. The Morgan fingerprint density at radius 3 is 2.74 bits per heavy atom. The van der Waals surface area contributed by atoms with Crippen molar-refractivity contribution >= 4 is 34.9 Å². The molecule has 0 aliphatic carbocycles. The summed E-state index contributed by atoms with van der Waals surface area (Å²) < 4.78 is 56.8. The van der Waals surface area contributed by atoms with Crippen LogP contribution >= 0.6 is 22.9 Å². The van der Waals surface area contributed by atoms with Crippen LogP contribution in [0.4, 0.5) is 22.4 Å². The molecular weight excluding hydrogens is 414 g/mol. The van der Waals surface area contributed by atoms with E-state index in [1.807, 2.05) is 0 Å². The molecule has 6 nitrogen and oxygen atoms in total. The number of aromatic nitrogens is 1. The molecule has 0 radical (unpaired) electrons. The van der Waals surface area contributed by atoms with Crippen LogP contribution in [-0.2, 0) is 15.7 Å². The fourth-order valence-electron chi connectivity index (χ4n) is 2.34. The van der Waals surface area contributed by atoms with Crippen LogP contribution in [0.1, 0.15) is 22.3 Å². The highest BCUT2D eigenvalue weighted by atomic mass is 35.5. The lowest BCUT2D eigenvalue weighted by Gasteiger charge is -2.19. The van der Waals surface area contributed by atoms with E-state index in [4.69, 9.17) is 16.3 Å². The van der Waals surface area contributed by atoms with Crippen LogP contribution < -0.4 is 10.6 Å². The second-order valence-electron chi connectivity index (χ2n) is 5.47. The largest absolute Gasteiger partial charge is 0.443 e. The Labute approximate surface area is 158 Å². The van der Waals surface area contributed by atoms with Crippen LogP contribution in [0.5, 0.6) is 0 Å². The van der Waals surface area contributed by atoms with Crippen LogP contribution in [0.3, 0.4) is 0 Å². The molecule has 1 fully saturated rings. The van der Waals surface area contributed by atoms with E-state index in [9.17, 15) is 27.2 Å². The van der Waals surface area contributed by atoms with Crippen molar-refractivity contribution in [2.24, 2.45) is 0 Å². The quantitative estimate of drug-likeness (QED) is 0.740. The summed E-state index contributed by atoms with van der Waals surface area (Å²) in [4.78, 5) is 26.9. The highest BCUT2D eigenvalue weighted by Crippen LogP contribution is 2.34. The van der Waals surface area contributed by atoms with E-state index >= 15 is 0 Å². The average molecular weight is 424 g/mol. The van der Waals surface area contributed by atoms with Gasteiger partial charge in [0.1, 0.15) is 5.82 Å². The fourth-order valence-corrected chi connectivity index (χ4v) is 3.24. The van der Waals surface area contributed by atoms with Gasteiger partial charge in [0.05, 0.1) is 23.3 Å². The summed E-state index contributed by atoms with van der Waals surface area (Å²) in [6.07, 6.45) is -6.59. The van der Waals surface area contributed by atoms with Gasteiger partial charge in [0, 0.05) is 5.38 Å². The number of alkyl carbamates (subject to hydrolysis) is 1. The normalized spacial score (nSPS) is 18.0. The number of ether oxygens (including phenoxy) is 1. The maximum atomic E-state index is 13.4. The minimum atomic E-state index is -4.65. The number of thiazole rings is 1. The predicted molar refractivity (Wildman–Crippen MR) is 86.8 cm³/mol. The van der Waals surface area contributed by atoms with E-state index in [0.29, 0.717) is 11.3 Å². The van der Waals surface area contributed by atoms with Crippen LogP contribution in [0.15, 0.2) is 23.6 Å². The molecule has 2 N–H and O–H groups in total. The Kier molecular flexibility index (Phi) is 5.24. The number of nitrogens with one attached hydrogen (secondary N) is 2. The smallest absolute Gasteiger partial charge is 0.434 e. The highest BCUT2D eigenvalue weighted by Gasteiger charge is 2.37. The van der Waals surface area contributed by atoms with Crippen LogP contribution in [0.25, 0.3) is 0 Å². The van der Waals surface area contributed by atoms with Gasteiger partial charge < -0.3 is 15.4 Å². The Balaban J connectivity index is 1.93. The number of rotatable bonds is 4. The third-order valence-corrected chi connectivity index (χ3v) is 4.79. The third-order valence-electron chi connectivity index (χ3n) is 3.60. The van der Waals surface area contributed by atoms with E-state index in [1.165, 1.54) is 12.1 Å². The molecule has 0 unspecified atom stereocenters. The Morgan fingerprint density at radius 1 is 1.44 bits per heavy atom. The summed E-state index contributed by atoms with van der Waals surface area (Å²) in [6.45, 7) is -0.0908. The zero-order chi connectivity index (χ0) is 19.8. The topological polar surface area (TPSA) is 80.3 Å². The first kappa shape index (κ1) is 19.4. The SMILES string of the molecule is O=C1NC[C@@H](C(=O)N[C@@H](c2ccc(F)c(Cl)c2)c2csc(C(F)(F)F)n2)O1. The first-order chi connectivity index (χ1) is 12.6. The second-order valence-corrected chi connectivity index (χ2v) is 6.73. The molecule has 2 atom stereocenters. The van der Waals surface area contributed by atoms with Crippen molar-refractivity contribution in [3.63, 3.8) is 0 Å². The number of hydrogen-bond acceptors (Lipinski definition) is 5. The molecule has 2 heterocycles. The van der Waals surface area contributed by atoms with Gasteiger partial charge in [-0.25, -0.2) is 14.2 Å². The van der Waals surface area contributed by atoms with Crippen LogP contribution in [0.2, 0.25) is 5.02 Å². The van der Waals surface area contributed by atoms with Crippen molar-refractivity contribution in [2.45, 2.75) is 18.3 Å². The van der Waals surface area contributed by atoms with Crippen LogP contribution in [-0.4, -0.2) is 29.6 Å². The molecule has 0 spiro atoms. The van der Waals surface area contributed by atoms with E-state index in [-0.39, 0.29) is 22.8 Å². The summed E-state index contributed by atoms with van der Waals surface area (Å²) >= 11 is 6.10. The van der Waals surface area contributed by atoms with Crippen LogP contribution in [0, 0.1) is 5.82 Å². The van der Waals surface area contributed by atoms with Gasteiger partial charge in [0.25, 0.3) is 5.91 Å². The van der Waals surface area contributed by atoms with Gasteiger partial charge in [0.15, 0.2) is 11.1 Å². The molecule has 0 bridgehead atoms. The maximum absolute atomic E-state index is 13.4. The standard InChI is InChI=1S/C15H10ClF4N3O3S/c16-7-3-6(1-2-8(7)17)11(9-5-27-13(22-9)15(18,19)20)23-12(24)10-4-21-14(25)26-10/h1-3,5,10-11H,4H2,(H,21,25)(H,23,24)/t10-,11-/m0/s1. The molecule has 144 valence electrons. The van der Waals surface area contributed by atoms with Crippen molar-refractivity contribution in [3.8, 4) is 0 Å². The number of nitrogens with zero attached hydrogens (tertiary/aromatic N) is 1. The lowest BCUT2D eigenvalue weighted by molar-refractivity contribution is -0.137. The maximum Gasteiger partial charge on any atom is 0.443 e. The van der Waals surface area contributed by atoms with E-state index in [0.717, 1.165) is 11.4 Å². The van der Waals surface area contributed by atoms with Gasteiger partial charge in [-0.2, -0.15) is 13.2 Å². The van der Waals surface area contributed by atoms with E-state index in [2.05, 4.69) is 15.6 Å². The molecule has 27 heavy (non-hydrogen) atoms. The second kappa shape index (κ2) is 7.31. The molecule has 2 amide bonds. The summed E-state index contributed by atoms with van der Waals surface area (Å²) in [7, 11) is 0. The molecule has 3 rings (SSSR count). The zero-order valence-corrected chi connectivity index (χ0v) is 14.7. The molecule has 1 aliphatic heterocycles. The number of carbonyl (C=O) groups is 2. The number of halogens is 5. The molecule has 0 saturated carbocycles. The molecular formula is C15H10ClF4N3O3S. The molecule has 1 aliphatic rings. The number of carbonyl (C=O) groups excluding carboxylic acids is 2. The molecule has 1 aromatic carbocycles. The molecule has 1 aromatic heterocycles. The number of cyclic esters (lactones) is 1. The zero-order valence-electron chi connectivity index (χ0n) is 13.1. The summed E-state index contributed by atoms with van der Waals surface area (Å²) in [5, 5.41) is 4.51. The summed E-state index contributed by atoms with van der Waals surface area (Å²) in [5.74, 6) is -1.48. The van der Waals surface area contributed by atoms with Gasteiger partial charge >= 0.3 is 12.3 Å². The number of alkyl halides is 3. The summed E-state index contributed by atoms with van der Waals surface area (Å²) in [6, 6.07) is 2.30. The van der Waals surface area contributed by atoms with Crippen molar-refractivity contribution in [2.75, 3.05) is 6.54 Å². The molecule has 1 saturated heterocycles. The van der Waals surface area contributed by atoms with Gasteiger partial charge in [-0.1, -0.05) is 17.7 Å². The Hall–Kier alpha value is -2.40. The van der Waals surface area contributed by atoms with Gasteiger partial charge in [-0.15, -0.1) is 11.3 Å². The fraction of sp³-hybridized carbons (Fsp3) is 0.267. The van der Waals surface area contributed by atoms with Crippen molar-refractivity contribution < 1.29 is 31.9 Å². The van der Waals surface area contributed by atoms with Crippen molar-refractivity contribution in [1.29, 1.82) is 0 Å².